The molecule has 0 spiro atoms. The van der Waals surface area contributed by atoms with Crippen molar-refractivity contribution in [2.75, 3.05) is 19.0 Å². The van der Waals surface area contributed by atoms with E-state index in [1.807, 2.05) is 14.1 Å². The molecule has 1 aromatic rings. The van der Waals surface area contributed by atoms with Crippen molar-refractivity contribution in [3.8, 4) is 0 Å². The van der Waals surface area contributed by atoms with Crippen LogP contribution in [0.4, 0.5) is 5.95 Å². The van der Waals surface area contributed by atoms with Gasteiger partial charge in [-0.1, -0.05) is 6.42 Å². The van der Waals surface area contributed by atoms with Gasteiger partial charge in [0.15, 0.2) is 15.6 Å². The van der Waals surface area contributed by atoms with Crippen LogP contribution in [0.15, 0.2) is 12.4 Å². The molecule has 1 aromatic heterocycles. The highest BCUT2D eigenvalue weighted by molar-refractivity contribution is 7.92. The molecule has 3 rings (SSSR count). The Bertz CT molecular complexity index is 650. The van der Waals surface area contributed by atoms with Crippen LogP contribution in [0.1, 0.15) is 42.5 Å². The van der Waals surface area contributed by atoms with Crippen molar-refractivity contribution >= 4 is 21.6 Å². The van der Waals surface area contributed by atoms with Crippen molar-refractivity contribution < 1.29 is 13.2 Å². The van der Waals surface area contributed by atoms with E-state index >= 15 is 0 Å². The third-order valence-electron chi connectivity index (χ3n) is 4.77. The fourth-order valence-electron chi connectivity index (χ4n) is 3.54. The van der Waals surface area contributed by atoms with E-state index < -0.39 is 9.84 Å². The van der Waals surface area contributed by atoms with Gasteiger partial charge in [0.05, 0.1) is 16.1 Å². The van der Waals surface area contributed by atoms with Crippen molar-refractivity contribution in [2.24, 2.45) is 5.92 Å². The van der Waals surface area contributed by atoms with Crippen LogP contribution in [0.2, 0.25) is 0 Å². The maximum Gasteiger partial charge on any atom is 0.224 e. The van der Waals surface area contributed by atoms with Gasteiger partial charge in [-0.05, 0) is 25.7 Å². The maximum atomic E-state index is 12.6. The fourth-order valence-corrected chi connectivity index (χ4v) is 6.07. The molecule has 0 aliphatic carbocycles. The van der Waals surface area contributed by atoms with Crippen LogP contribution in [0, 0.1) is 5.92 Å². The molecule has 0 aromatic carbocycles. The summed E-state index contributed by atoms with van der Waals surface area (Å²) in [5.41, 5.74) is 0.480. The first-order chi connectivity index (χ1) is 10.4. The Morgan fingerprint density at radius 3 is 2.18 bits per heavy atom. The van der Waals surface area contributed by atoms with Crippen LogP contribution in [-0.2, 0) is 9.84 Å². The lowest BCUT2D eigenvalue weighted by atomic mass is 9.85. The van der Waals surface area contributed by atoms with Gasteiger partial charge in [0.1, 0.15) is 0 Å². The highest BCUT2D eigenvalue weighted by Gasteiger charge is 2.46. The van der Waals surface area contributed by atoms with E-state index in [1.54, 1.807) is 17.3 Å². The Balaban J connectivity index is 1.79. The molecule has 2 bridgehead atoms. The van der Waals surface area contributed by atoms with Gasteiger partial charge in [-0.25, -0.2) is 18.4 Å². The Labute approximate surface area is 130 Å². The minimum Gasteiger partial charge on any atom is -0.347 e. The molecule has 0 N–H and O–H groups in total. The quantitative estimate of drug-likeness (QED) is 0.784. The largest absolute Gasteiger partial charge is 0.347 e. The second kappa shape index (κ2) is 5.61. The molecule has 2 atom stereocenters. The van der Waals surface area contributed by atoms with Gasteiger partial charge in [0.25, 0.3) is 0 Å². The van der Waals surface area contributed by atoms with Gasteiger partial charge >= 0.3 is 0 Å². The zero-order valence-electron chi connectivity index (χ0n) is 12.9. The smallest absolute Gasteiger partial charge is 0.224 e. The number of ketones is 1. The second-order valence-corrected chi connectivity index (χ2v) is 8.97. The summed E-state index contributed by atoms with van der Waals surface area (Å²) >= 11 is 0. The standard InChI is InChI=1S/C15H21N3O3S/c1-18(2)15-16-8-11(9-17-15)14(19)10-6-12-4-3-5-13(7-10)22(12,20)21/h8-10,12-13H,3-7H2,1-2H3. The molecule has 0 radical (unpaired) electrons. The third kappa shape index (κ3) is 2.62. The second-order valence-electron chi connectivity index (χ2n) is 6.46. The number of hydrogen-bond donors (Lipinski definition) is 0. The predicted molar refractivity (Wildman–Crippen MR) is 83.8 cm³/mol. The van der Waals surface area contributed by atoms with Gasteiger partial charge < -0.3 is 4.90 Å². The van der Waals surface area contributed by atoms with Crippen molar-refractivity contribution in [3.05, 3.63) is 18.0 Å². The van der Waals surface area contributed by atoms with Crippen molar-refractivity contribution in [2.45, 2.75) is 42.6 Å². The van der Waals surface area contributed by atoms with E-state index in [0.717, 1.165) is 6.42 Å². The van der Waals surface area contributed by atoms with E-state index in [2.05, 4.69) is 9.97 Å². The highest BCUT2D eigenvalue weighted by Crippen LogP contribution is 2.40. The van der Waals surface area contributed by atoms with Crippen molar-refractivity contribution in [1.29, 1.82) is 0 Å². The average Bonchev–Trinajstić information content (AvgIpc) is 2.45. The number of carbonyl (C=O) groups excluding carboxylic acids is 1. The molecule has 2 saturated heterocycles. The van der Waals surface area contributed by atoms with Crippen LogP contribution < -0.4 is 4.90 Å². The van der Waals surface area contributed by atoms with E-state index in [-0.39, 0.29) is 22.2 Å². The monoisotopic (exact) mass is 323 g/mol. The minimum absolute atomic E-state index is 0.0166. The summed E-state index contributed by atoms with van der Waals surface area (Å²) in [6.45, 7) is 0. The Kier molecular flexibility index (Phi) is 3.92. The van der Waals surface area contributed by atoms with Gasteiger partial charge in [-0.2, -0.15) is 0 Å². The number of carbonyl (C=O) groups is 1. The minimum atomic E-state index is -3.02. The Morgan fingerprint density at radius 1 is 1.14 bits per heavy atom. The summed E-state index contributed by atoms with van der Waals surface area (Å²) in [5.74, 6) is 0.323. The van der Waals surface area contributed by atoms with E-state index in [0.29, 0.717) is 37.2 Å². The molecule has 2 aliphatic heterocycles. The average molecular weight is 323 g/mol. The van der Waals surface area contributed by atoms with Gasteiger partial charge in [-0.3, -0.25) is 4.79 Å². The number of Topliss-reactive ketones (excluding diaryl/α,β-unsaturated/α-hetero) is 1. The van der Waals surface area contributed by atoms with E-state index in [9.17, 15) is 13.2 Å². The summed E-state index contributed by atoms with van der Waals surface area (Å²) < 4.78 is 24.6. The fraction of sp³-hybridized carbons (Fsp3) is 0.667. The number of sulfone groups is 1. The first-order valence-electron chi connectivity index (χ1n) is 7.66. The number of nitrogens with zero attached hydrogens (tertiary/aromatic N) is 3. The van der Waals surface area contributed by atoms with Crippen LogP contribution >= 0.6 is 0 Å². The van der Waals surface area contributed by atoms with Crippen molar-refractivity contribution in [1.82, 2.24) is 9.97 Å². The van der Waals surface area contributed by atoms with Crippen molar-refractivity contribution in [3.63, 3.8) is 0 Å². The summed E-state index contributed by atoms with van der Waals surface area (Å²) in [5, 5.41) is -0.674. The normalized spacial score (nSPS) is 29.8. The highest BCUT2D eigenvalue weighted by atomic mass is 32.2. The van der Waals surface area contributed by atoms with Gasteiger partial charge in [-0.15, -0.1) is 0 Å². The number of anilines is 1. The summed E-state index contributed by atoms with van der Waals surface area (Å²) in [6, 6.07) is 0. The SMILES string of the molecule is CN(C)c1ncc(C(=O)C2CC3CCCC(C2)S3(=O)=O)cn1. The molecule has 22 heavy (non-hydrogen) atoms. The lowest BCUT2D eigenvalue weighted by Crippen LogP contribution is -2.45. The number of fused-ring (bicyclic) bond motifs is 2. The predicted octanol–water partition coefficient (Wildman–Crippen LogP) is 1.47. The van der Waals surface area contributed by atoms with Crippen LogP contribution in [-0.4, -0.2) is 48.8 Å². The Hall–Kier alpha value is -1.50. The van der Waals surface area contributed by atoms with Crippen LogP contribution in [0.3, 0.4) is 0 Å². The molecule has 2 unspecified atom stereocenters. The molecule has 2 aliphatic rings. The zero-order valence-corrected chi connectivity index (χ0v) is 13.7. The van der Waals surface area contributed by atoms with Gasteiger partial charge in [0, 0.05) is 32.4 Å². The summed E-state index contributed by atoms with van der Waals surface area (Å²) in [7, 11) is 0.652. The lowest BCUT2D eigenvalue weighted by molar-refractivity contribution is 0.0893. The maximum absolute atomic E-state index is 12.6. The summed E-state index contributed by atoms with van der Waals surface area (Å²) in [6.07, 6.45) is 6.33. The first-order valence-corrected chi connectivity index (χ1v) is 9.27. The molecule has 3 heterocycles. The third-order valence-corrected chi connectivity index (χ3v) is 7.48. The van der Waals surface area contributed by atoms with E-state index in [4.69, 9.17) is 0 Å². The van der Waals surface area contributed by atoms with Crippen LogP contribution in [0.5, 0.6) is 0 Å². The van der Waals surface area contributed by atoms with Gasteiger partial charge in [0.2, 0.25) is 5.95 Å². The molecule has 6 nitrogen and oxygen atoms in total. The lowest BCUT2D eigenvalue weighted by Gasteiger charge is -2.38. The molecular formula is C15H21N3O3S. The zero-order chi connectivity index (χ0) is 15.9. The number of aromatic nitrogens is 2. The number of rotatable bonds is 3. The summed E-state index contributed by atoms with van der Waals surface area (Å²) in [4.78, 5) is 22.7. The van der Waals surface area contributed by atoms with E-state index in [1.165, 1.54) is 0 Å². The van der Waals surface area contributed by atoms with Crippen LogP contribution in [0.25, 0.3) is 0 Å². The molecule has 0 saturated carbocycles. The first kappa shape index (κ1) is 15.4. The topological polar surface area (TPSA) is 80.2 Å². The Morgan fingerprint density at radius 2 is 1.68 bits per heavy atom. The molecular weight excluding hydrogens is 302 g/mol. The molecule has 2 fully saturated rings. The molecule has 0 amide bonds. The molecule has 120 valence electrons. The molecule has 7 heteroatoms. The number of hydrogen-bond acceptors (Lipinski definition) is 6.